The molecule has 0 radical (unpaired) electrons. The van der Waals surface area contributed by atoms with Gasteiger partial charge in [0.25, 0.3) is 5.91 Å². The molecule has 2 N–H and O–H groups in total. The van der Waals surface area contributed by atoms with Crippen LogP contribution in [0.25, 0.3) is 0 Å². The molecule has 3 nitrogen and oxygen atoms in total. The van der Waals surface area contributed by atoms with Gasteiger partial charge in [-0.15, -0.1) is 0 Å². The van der Waals surface area contributed by atoms with E-state index in [1.165, 1.54) is 0 Å². The van der Waals surface area contributed by atoms with Gasteiger partial charge in [-0.05, 0) is 53.5 Å². The summed E-state index contributed by atoms with van der Waals surface area (Å²) in [4.78, 5) is 12.1. The Labute approximate surface area is 114 Å². The van der Waals surface area contributed by atoms with Crippen LogP contribution in [-0.4, -0.2) is 25.0 Å². The zero-order valence-electron chi connectivity index (χ0n) is 9.30. The van der Waals surface area contributed by atoms with Crippen molar-refractivity contribution in [3.8, 4) is 0 Å². The van der Waals surface area contributed by atoms with Crippen molar-refractivity contribution >= 4 is 33.4 Å². The number of halogens is 2. The van der Waals surface area contributed by atoms with Crippen molar-refractivity contribution < 1.29 is 4.79 Å². The molecule has 1 heterocycles. The molecule has 1 aromatic rings. The first kappa shape index (κ1) is 12.9. The van der Waals surface area contributed by atoms with Crippen molar-refractivity contribution in [2.45, 2.75) is 18.9 Å². The lowest BCUT2D eigenvalue weighted by Gasteiger charge is -2.24. The monoisotopic (exact) mass is 316 g/mol. The van der Waals surface area contributed by atoms with Gasteiger partial charge in [0.05, 0.1) is 5.56 Å². The van der Waals surface area contributed by atoms with Crippen LogP contribution in [0.2, 0.25) is 5.02 Å². The van der Waals surface area contributed by atoms with Gasteiger partial charge in [-0.2, -0.15) is 0 Å². The number of benzene rings is 1. The molecule has 1 aromatic carbocycles. The standard InChI is InChI=1S/C12H14BrClN2O/c13-11-4-3-8(14)6-10(11)12(17)16-9-2-1-5-15-7-9/h3-4,6,9,15H,1-2,5,7H2,(H,16,17)/t9-/m0/s1. The van der Waals surface area contributed by atoms with Gasteiger partial charge in [-0.3, -0.25) is 4.79 Å². The number of nitrogens with one attached hydrogen (secondary N) is 2. The van der Waals surface area contributed by atoms with Gasteiger partial charge in [0, 0.05) is 22.1 Å². The van der Waals surface area contributed by atoms with E-state index in [9.17, 15) is 4.79 Å². The van der Waals surface area contributed by atoms with Crippen LogP contribution in [0.15, 0.2) is 22.7 Å². The van der Waals surface area contributed by atoms with E-state index >= 15 is 0 Å². The summed E-state index contributed by atoms with van der Waals surface area (Å²) in [5, 5.41) is 6.85. The maximum atomic E-state index is 12.1. The van der Waals surface area contributed by atoms with E-state index in [0.29, 0.717) is 10.6 Å². The molecule has 5 heteroatoms. The van der Waals surface area contributed by atoms with Crippen LogP contribution in [0.1, 0.15) is 23.2 Å². The average Bonchev–Trinajstić information content (AvgIpc) is 2.33. The summed E-state index contributed by atoms with van der Waals surface area (Å²) in [6.45, 7) is 1.87. The Hall–Kier alpha value is -0.580. The summed E-state index contributed by atoms with van der Waals surface area (Å²) in [6.07, 6.45) is 2.12. The molecule has 1 atom stereocenters. The van der Waals surface area contributed by atoms with E-state index in [0.717, 1.165) is 30.4 Å². The maximum Gasteiger partial charge on any atom is 0.252 e. The molecule has 2 rings (SSSR count). The van der Waals surface area contributed by atoms with Crippen LogP contribution in [0, 0.1) is 0 Å². The van der Waals surface area contributed by atoms with Crippen molar-refractivity contribution in [2.75, 3.05) is 13.1 Å². The third kappa shape index (κ3) is 3.44. The third-order valence-electron chi connectivity index (χ3n) is 2.81. The fraction of sp³-hybridized carbons (Fsp3) is 0.417. The molecule has 0 unspecified atom stereocenters. The average molecular weight is 318 g/mol. The predicted molar refractivity (Wildman–Crippen MR) is 72.5 cm³/mol. The van der Waals surface area contributed by atoms with E-state index in [4.69, 9.17) is 11.6 Å². The summed E-state index contributed by atoms with van der Waals surface area (Å²) in [6, 6.07) is 5.43. The molecule has 1 saturated heterocycles. The number of amides is 1. The molecular formula is C12H14BrClN2O. The lowest BCUT2D eigenvalue weighted by Crippen LogP contribution is -2.45. The molecule has 0 aliphatic carbocycles. The van der Waals surface area contributed by atoms with Crippen molar-refractivity contribution in [3.05, 3.63) is 33.3 Å². The molecular weight excluding hydrogens is 304 g/mol. The summed E-state index contributed by atoms with van der Waals surface area (Å²) < 4.78 is 0.767. The first-order chi connectivity index (χ1) is 8.16. The van der Waals surface area contributed by atoms with Gasteiger partial charge < -0.3 is 10.6 Å². The highest BCUT2D eigenvalue weighted by Crippen LogP contribution is 2.21. The molecule has 1 aliphatic rings. The van der Waals surface area contributed by atoms with Crippen LogP contribution >= 0.6 is 27.5 Å². The van der Waals surface area contributed by atoms with E-state index in [1.807, 2.05) is 0 Å². The Morgan fingerprint density at radius 3 is 3.06 bits per heavy atom. The SMILES string of the molecule is O=C(N[C@H]1CCCNC1)c1cc(Cl)ccc1Br. The molecule has 17 heavy (non-hydrogen) atoms. The maximum absolute atomic E-state index is 12.1. The van der Waals surface area contributed by atoms with Crippen LogP contribution in [0.5, 0.6) is 0 Å². The Morgan fingerprint density at radius 2 is 2.35 bits per heavy atom. The second-order valence-corrected chi connectivity index (χ2v) is 5.43. The zero-order valence-corrected chi connectivity index (χ0v) is 11.6. The van der Waals surface area contributed by atoms with Gasteiger partial charge >= 0.3 is 0 Å². The van der Waals surface area contributed by atoms with Crippen LogP contribution in [0.3, 0.4) is 0 Å². The van der Waals surface area contributed by atoms with Gasteiger partial charge in [0.1, 0.15) is 0 Å². The highest BCUT2D eigenvalue weighted by molar-refractivity contribution is 9.10. The molecule has 0 saturated carbocycles. The lowest BCUT2D eigenvalue weighted by molar-refractivity contribution is 0.0930. The largest absolute Gasteiger partial charge is 0.348 e. The summed E-state index contributed by atoms with van der Waals surface area (Å²) in [5.74, 6) is -0.0759. The Morgan fingerprint density at radius 1 is 1.53 bits per heavy atom. The van der Waals surface area contributed by atoms with Gasteiger partial charge in [-0.1, -0.05) is 11.6 Å². The third-order valence-corrected chi connectivity index (χ3v) is 3.73. The van der Waals surface area contributed by atoms with E-state index < -0.39 is 0 Å². The highest BCUT2D eigenvalue weighted by Gasteiger charge is 2.17. The molecule has 0 bridgehead atoms. The minimum absolute atomic E-state index is 0.0759. The van der Waals surface area contributed by atoms with Gasteiger partial charge in [-0.25, -0.2) is 0 Å². The molecule has 0 aromatic heterocycles. The van der Waals surface area contributed by atoms with Crippen LogP contribution in [0.4, 0.5) is 0 Å². The number of carbonyl (C=O) groups is 1. The first-order valence-electron chi connectivity index (χ1n) is 5.63. The number of hydrogen-bond acceptors (Lipinski definition) is 2. The van der Waals surface area contributed by atoms with Gasteiger partial charge in [0.15, 0.2) is 0 Å². The summed E-state index contributed by atoms with van der Waals surface area (Å²) >= 11 is 9.25. The Kier molecular flexibility index (Phi) is 4.42. The quantitative estimate of drug-likeness (QED) is 0.880. The molecule has 1 amide bonds. The summed E-state index contributed by atoms with van der Waals surface area (Å²) in [7, 11) is 0. The van der Waals surface area contributed by atoms with E-state index in [1.54, 1.807) is 18.2 Å². The van der Waals surface area contributed by atoms with Crippen LogP contribution in [-0.2, 0) is 0 Å². The number of rotatable bonds is 2. The second-order valence-electron chi connectivity index (χ2n) is 4.14. The second kappa shape index (κ2) is 5.85. The molecule has 1 aliphatic heterocycles. The fourth-order valence-electron chi connectivity index (χ4n) is 1.91. The van der Waals surface area contributed by atoms with Gasteiger partial charge in [0.2, 0.25) is 0 Å². The first-order valence-corrected chi connectivity index (χ1v) is 6.80. The number of carbonyl (C=O) groups excluding carboxylic acids is 1. The number of piperidine rings is 1. The summed E-state index contributed by atoms with van der Waals surface area (Å²) in [5.41, 5.74) is 0.586. The minimum atomic E-state index is -0.0759. The Balaban J connectivity index is 2.05. The molecule has 1 fully saturated rings. The minimum Gasteiger partial charge on any atom is -0.348 e. The van der Waals surface area contributed by atoms with E-state index in [-0.39, 0.29) is 11.9 Å². The van der Waals surface area contributed by atoms with Crippen molar-refractivity contribution in [3.63, 3.8) is 0 Å². The zero-order chi connectivity index (χ0) is 12.3. The normalized spacial score (nSPS) is 20.0. The predicted octanol–water partition coefficient (Wildman–Crippen LogP) is 2.58. The van der Waals surface area contributed by atoms with Crippen molar-refractivity contribution in [1.82, 2.24) is 10.6 Å². The topological polar surface area (TPSA) is 41.1 Å². The highest BCUT2D eigenvalue weighted by atomic mass is 79.9. The number of hydrogen-bond donors (Lipinski definition) is 2. The fourth-order valence-corrected chi connectivity index (χ4v) is 2.51. The Bertz CT molecular complexity index is 419. The smallest absolute Gasteiger partial charge is 0.252 e. The van der Waals surface area contributed by atoms with Crippen molar-refractivity contribution in [1.29, 1.82) is 0 Å². The molecule has 0 spiro atoms. The lowest BCUT2D eigenvalue weighted by atomic mass is 10.1. The molecule has 92 valence electrons. The van der Waals surface area contributed by atoms with Crippen LogP contribution < -0.4 is 10.6 Å². The van der Waals surface area contributed by atoms with E-state index in [2.05, 4.69) is 26.6 Å². The van der Waals surface area contributed by atoms with Crippen molar-refractivity contribution in [2.24, 2.45) is 0 Å².